The van der Waals surface area contributed by atoms with Crippen LogP contribution in [0.1, 0.15) is 5.56 Å². The second kappa shape index (κ2) is 7.67. The molecule has 0 aliphatic carbocycles. The van der Waals surface area contributed by atoms with Gasteiger partial charge in [0.15, 0.2) is 19.7 Å². The first-order chi connectivity index (χ1) is 12.3. The van der Waals surface area contributed by atoms with Gasteiger partial charge < -0.3 is 10.1 Å². The molecule has 2 heterocycles. The van der Waals surface area contributed by atoms with Gasteiger partial charge in [0.1, 0.15) is 9.96 Å². The largest absolute Gasteiger partial charge is 0.497 e. The molecule has 6 nitrogen and oxygen atoms in total. The molecule has 1 saturated heterocycles. The van der Waals surface area contributed by atoms with Crippen molar-refractivity contribution in [2.45, 2.75) is 21.9 Å². The SMILES string of the molecule is COc1cccc(CCN[C@H]2CS(=O)(=O)C[C@@H]2S(=O)(=O)c2cccs2)c1. The zero-order valence-corrected chi connectivity index (χ0v) is 16.7. The first-order valence-electron chi connectivity index (χ1n) is 8.16. The maximum Gasteiger partial charge on any atom is 0.193 e. The summed E-state index contributed by atoms with van der Waals surface area (Å²) >= 11 is 1.12. The van der Waals surface area contributed by atoms with Crippen LogP contribution in [-0.4, -0.2) is 53.3 Å². The number of ether oxygens (including phenoxy) is 1. The van der Waals surface area contributed by atoms with Gasteiger partial charge in [-0.15, -0.1) is 11.3 Å². The number of benzene rings is 1. The molecule has 9 heteroatoms. The van der Waals surface area contributed by atoms with E-state index in [4.69, 9.17) is 4.74 Å². The summed E-state index contributed by atoms with van der Waals surface area (Å²) in [6.07, 6.45) is 0.652. The number of methoxy groups -OCH3 is 1. The van der Waals surface area contributed by atoms with E-state index in [9.17, 15) is 16.8 Å². The standard InChI is InChI=1S/C17H21NO5S3/c1-23-14-5-2-4-13(10-14)7-8-18-15-11-25(19,20)12-16(15)26(21,22)17-6-3-9-24-17/h2-6,9-10,15-16,18H,7-8,11-12H2,1H3/t15-,16-/m0/s1. The topological polar surface area (TPSA) is 89.5 Å². The maximum atomic E-state index is 12.8. The molecule has 0 radical (unpaired) electrons. The van der Waals surface area contributed by atoms with Crippen LogP contribution in [0.5, 0.6) is 5.75 Å². The fourth-order valence-corrected chi connectivity index (χ4v) is 9.06. The molecule has 0 bridgehead atoms. The van der Waals surface area contributed by atoms with Crippen LogP contribution < -0.4 is 10.1 Å². The van der Waals surface area contributed by atoms with Crippen molar-refractivity contribution in [3.8, 4) is 5.75 Å². The minimum Gasteiger partial charge on any atom is -0.497 e. The molecule has 1 aromatic carbocycles. The Morgan fingerprint density at radius 1 is 1.23 bits per heavy atom. The van der Waals surface area contributed by atoms with Crippen molar-refractivity contribution < 1.29 is 21.6 Å². The Hall–Kier alpha value is -1.42. The number of hydrogen-bond donors (Lipinski definition) is 1. The fourth-order valence-electron chi connectivity index (χ4n) is 3.12. The monoisotopic (exact) mass is 415 g/mol. The second-order valence-electron chi connectivity index (χ2n) is 6.25. The van der Waals surface area contributed by atoms with E-state index in [1.54, 1.807) is 18.6 Å². The van der Waals surface area contributed by atoms with Crippen molar-refractivity contribution in [2.24, 2.45) is 0 Å². The molecule has 0 saturated carbocycles. The van der Waals surface area contributed by atoms with Crippen LogP contribution in [0.2, 0.25) is 0 Å². The zero-order valence-electron chi connectivity index (χ0n) is 14.3. The summed E-state index contributed by atoms with van der Waals surface area (Å²) in [6, 6.07) is 10.2. The molecule has 1 aliphatic heterocycles. The predicted molar refractivity (Wildman–Crippen MR) is 102 cm³/mol. The Morgan fingerprint density at radius 3 is 2.73 bits per heavy atom. The number of rotatable bonds is 7. The summed E-state index contributed by atoms with van der Waals surface area (Å²) in [5.41, 5.74) is 1.04. The van der Waals surface area contributed by atoms with E-state index in [0.717, 1.165) is 22.6 Å². The van der Waals surface area contributed by atoms with Gasteiger partial charge in [0.05, 0.1) is 23.9 Å². The summed E-state index contributed by atoms with van der Waals surface area (Å²) in [4.78, 5) is 0. The normalized spacial score (nSPS) is 22.3. The molecule has 142 valence electrons. The van der Waals surface area contributed by atoms with Crippen molar-refractivity contribution >= 4 is 31.0 Å². The summed E-state index contributed by atoms with van der Waals surface area (Å²) in [5, 5.41) is 3.88. The highest BCUT2D eigenvalue weighted by atomic mass is 32.2. The molecule has 1 aromatic heterocycles. The van der Waals surface area contributed by atoms with E-state index in [1.807, 2.05) is 24.3 Å². The number of hydrogen-bond acceptors (Lipinski definition) is 7. The summed E-state index contributed by atoms with van der Waals surface area (Å²) in [6.45, 7) is 0.490. The maximum absolute atomic E-state index is 12.8. The van der Waals surface area contributed by atoms with Gasteiger partial charge in [0.2, 0.25) is 0 Å². The highest BCUT2D eigenvalue weighted by Gasteiger charge is 2.45. The lowest BCUT2D eigenvalue weighted by Crippen LogP contribution is -2.43. The molecule has 0 amide bonds. The fraction of sp³-hybridized carbons (Fsp3) is 0.412. The summed E-state index contributed by atoms with van der Waals surface area (Å²) in [7, 11) is -5.45. The average molecular weight is 416 g/mol. The van der Waals surface area contributed by atoms with Gasteiger partial charge in [-0.2, -0.15) is 0 Å². The Bertz CT molecular complexity index is 952. The van der Waals surface area contributed by atoms with Gasteiger partial charge in [-0.3, -0.25) is 0 Å². The highest BCUT2D eigenvalue weighted by molar-refractivity contribution is 7.97. The molecular weight excluding hydrogens is 394 g/mol. The van der Waals surface area contributed by atoms with Crippen LogP contribution in [-0.2, 0) is 26.1 Å². The molecule has 1 aliphatic rings. The predicted octanol–water partition coefficient (Wildman–Crippen LogP) is 1.53. The molecule has 0 spiro atoms. The molecule has 1 N–H and O–H groups in total. The van der Waals surface area contributed by atoms with Crippen LogP contribution in [0.4, 0.5) is 0 Å². The first kappa shape index (κ1) is 19.3. The van der Waals surface area contributed by atoms with E-state index in [1.165, 1.54) is 6.07 Å². The highest BCUT2D eigenvalue weighted by Crippen LogP contribution is 2.28. The van der Waals surface area contributed by atoms with Crippen LogP contribution in [0, 0.1) is 0 Å². The van der Waals surface area contributed by atoms with Crippen molar-refractivity contribution in [1.82, 2.24) is 5.32 Å². The van der Waals surface area contributed by atoms with Crippen molar-refractivity contribution in [3.05, 3.63) is 47.3 Å². The van der Waals surface area contributed by atoms with E-state index in [0.29, 0.717) is 13.0 Å². The Labute approximate surface area is 158 Å². The van der Waals surface area contributed by atoms with Crippen LogP contribution in [0.3, 0.4) is 0 Å². The number of sulfone groups is 2. The summed E-state index contributed by atoms with van der Waals surface area (Å²) < 4.78 is 55.1. The Kier molecular flexibility index (Phi) is 5.71. The van der Waals surface area contributed by atoms with Crippen molar-refractivity contribution in [1.29, 1.82) is 0 Å². The molecule has 0 unspecified atom stereocenters. The minimum atomic E-state index is -3.66. The molecule has 2 atom stereocenters. The molecule has 26 heavy (non-hydrogen) atoms. The lowest BCUT2D eigenvalue weighted by atomic mass is 10.1. The van der Waals surface area contributed by atoms with Gasteiger partial charge in [0.25, 0.3) is 0 Å². The Morgan fingerprint density at radius 2 is 2.04 bits per heavy atom. The van der Waals surface area contributed by atoms with Gasteiger partial charge in [-0.25, -0.2) is 16.8 Å². The lowest BCUT2D eigenvalue weighted by molar-refractivity contribution is 0.414. The molecule has 2 aromatic rings. The number of nitrogens with one attached hydrogen (secondary N) is 1. The smallest absolute Gasteiger partial charge is 0.193 e. The minimum absolute atomic E-state index is 0.152. The average Bonchev–Trinajstić information content (AvgIpc) is 3.23. The molecule has 1 fully saturated rings. The lowest BCUT2D eigenvalue weighted by Gasteiger charge is -2.19. The third kappa shape index (κ3) is 4.28. The first-order valence-corrected chi connectivity index (χ1v) is 12.4. The quantitative estimate of drug-likeness (QED) is 0.738. The molecule has 3 rings (SSSR count). The Balaban J connectivity index is 1.71. The van der Waals surface area contributed by atoms with E-state index in [-0.39, 0.29) is 15.7 Å². The van der Waals surface area contributed by atoms with E-state index < -0.39 is 31.0 Å². The van der Waals surface area contributed by atoms with Crippen molar-refractivity contribution in [2.75, 3.05) is 25.2 Å². The van der Waals surface area contributed by atoms with Gasteiger partial charge in [0, 0.05) is 6.04 Å². The van der Waals surface area contributed by atoms with Gasteiger partial charge in [-0.1, -0.05) is 18.2 Å². The van der Waals surface area contributed by atoms with E-state index in [2.05, 4.69) is 5.32 Å². The van der Waals surface area contributed by atoms with Crippen LogP contribution in [0.25, 0.3) is 0 Å². The van der Waals surface area contributed by atoms with Crippen LogP contribution in [0.15, 0.2) is 46.0 Å². The van der Waals surface area contributed by atoms with Crippen molar-refractivity contribution in [3.63, 3.8) is 0 Å². The number of thiophene rings is 1. The van der Waals surface area contributed by atoms with E-state index >= 15 is 0 Å². The zero-order chi connectivity index (χ0) is 18.8. The molecular formula is C17H21NO5S3. The third-order valence-electron chi connectivity index (χ3n) is 4.43. The second-order valence-corrected chi connectivity index (χ2v) is 11.7. The van der Waals surface area contributed by atoms with Crippen LogP contribution >= 0.6 is 11.3 Å². The third-order valence-corrected chi connectivity index (χ3v) is 10.0. The van der Waals surface area contributed by atoms with Gasteiger partial charge in [-0.05, 0) is 42.1 Å². The summed E-state index contributed by atoms with van der Waals surface area (Å²) in [5.74, 6) is 0.272. The van der Waals surface area contributed by atoms with Gasteiger partial charge >= 0.3 is 0 Å².